The third kappa shape index (κ3) is 4.40. The molecule has 3 aromatic heterocycles. The van der Waals surface area contributed by atoms with Crippen molar-refractivity contribution in [2.24, 2.45) is 10.7 Å². The number of aliphatic imine (C=N–C) groups is 1. The Bertz CT molecular complexity index is 1370. The molecule has 162 valence electrons. The number of rotatable bonds is 7. The molecule has 0 atom stereocenters. The predicted molar refractivity (Wildman–Crippen MR) is 130 cm³/mol. The normalized spacial score (nSPS) is 14.6. The lowest BCUT2D eigenvalue weighted by Crippen LogP contribution is -2.25. The van der Waals surface area contributed by atoms with Gasteiger partial charge in [-0.3, -0.25) is 9.79 Å². The lowest BCUT2D eigenvalue weighted by atomic mass is 10.1. The van der Waals surface area contributed by atoms with Gasteiger partial charge in [-0.2, -0.15) is 0 Å². The number of fused-ring (bicyclic) bond motifs is 2. The number of nitrogens with one attached hydrogen (secondary N) is 1. The van der Waals surface area contributed by atoms with Crippen LogP contribution in [0.3, 0.4) is 0 Å². The monoisotopic (exact) mass is 463 g/mol. The van der Waals surface area contributed by atoms with E-state index in [1.165, 1.54) is 30.8 Å². The Kier molecular flexibility index (Phi) is 5.68. The molecule has 0 unspecified atom stereocenters. The highest BCUT2D eigenvalue weighted by molar-refractivity contribution is 7.17. The zero-order valence-electron chi connectivity index (χ0n) is 17.3. The molecule has 4 aromatic rings. The van der Waals surface area contributed by atoms with Crippen LogP contribution in [0, 0.1) is 0 Å². The molecule has 3 N–H and O–H groups in total. The number of hydrogen-bond acceptors (Lipinski definition) is 5. The third-order valence-electron chi connectivity index (χ3n) is 5.55. The van der Waals surface area contributed by atoms with E-state index in [9.17, 15) is 4.79 Å². The van der Waals surface area contributed by atoms with Gasteiger partial charge >= 0.3 is 0 Å². The molecule has 1 fully saturated rings. The molecular weight excluding hydrogens is 442 g/mol. The van der Waals surface area contributed by atoms with E-state index in [1.54, 1.807) is 11.3 Å². The Hall–Kier alpha value is -3.16. The SMILES string of the molecule is NC=C(C=NCc1cn2cc(C3CC3)ccc2n1)C(=O)NCc1csc2ccc(Cl)cc12. The molecular formula is C24H22ClN5OS. The van der Waals surface area contributed by atoms with Crippen LogP contribution in [0.5, 0.6) is 0 Å². The predicted octanol–water partition coefficient (Wildman–Crippen LogP) is 4.81. The van der Waals surface area contributed by atoms with Crippen molar-refractivity contribution in [3.8, 4) is 0 Å². The van der Waals surface area contributed by atoms with E-state index in [-0.39, 0.29) is 5.91 Å². The number of hydrogen-bond donors (Lipinski definition) is 2. The van der Waals surface area contributed by atoms with E-state index in [1.807, 2.05) is 40.2 Å². The van der Waals surface area contributed by atoms with Crippen LogP contribution in [-0.2, 0) is 17.9 Å². The van der Waals surface area contributed by atoms with Crippen molar-refractivity contribution in [1.29, 1.82) is 0 Å². The van der Waals surface area contributed by atoms with Crippen LogP contribution >= 0.6 is 22.9 Å². The first kappa shape index (κ1) is 20.7. The average molecular weight is 464 g/mol. The third-order valence-corrected chi connectivity index (χ3v) is 6.80. The van der Waals surface area contributed by atoms with Crippen molar-refractivity contribution in [2.75, 3.05) is 0 Å². The molecule has 3 heterocycles. The summed E-state index contributed by atoms with van der Waals surface area (Å²) >= 11 is 7.73. The first-order valence-corrected chi connectivity index (χ1v) is 11.7. The second-order valence-electron chi connectivity index (χ2n) is 7.91. The molecule has 1 saturated carbocycles. The number of thiophene rings is 1. The summed E-state index contributed by atoms with van der Waals surface area (Å²) in [6, 6.07) is 9.96. The van der Waals surface area contributed by atoms with Crippen LogP contribution in [-0.4, -0.2) is 21.5 Å². The van der Waals surface area contributed by atoms with Crippen molar-refractivity contribution in [3.63, 3.8) is 0 Å². The Morgan fingerprint density at radius 1 is 1.31 bits per heavy atom. The van der Waals surface area contributed by atoms with E-state index in [2.05, 4.69) is 27.6 Å². The standard InChI is InChI=1S/C24H22ClN5OS/c25-19-4-5-22-21(7-19)18(14-32-22)10-28-24(31)17(8-26)9-27-11-20-13-30-12-16(15-1-2-15)3-6-23(30)29-20/h3-9,12-15H,1-2,10-11,26H2,(H,28,31). The van der Waals surface area contributed by atoms with Crippen LogP contribution in [0.1, 0.15) is 35.6 Å². The van der Waals surface area contributed by atoms with Gasteiger partial charge in [0.1, 0.15) is 5.65 Å². The number of aromatic nitrogens is 2. The van der Waals surface area contributed by atoms with E-state index in [0.29, 0.717) is 29.6 Å². The fraction of sp³-hybridized carbons (Fsp3) is 0.208. The highest BCUT2D eigenvalue weighted by Gasteiger charge is 2.23. The lowest BCUT2D eigenvalue weighted by molar-refractivity contribution is -0.117. The van der Waals surface area contributed by atoms with Gasteiger partial charge in [0.05, 0.1) is 17.8 Å². The molecule has 1 aromatic carbocycles. The van der Waals surface area contributed by atoms with Crippen molar-refractivity contribution >= 4 is 50.8 Å². The van der Waals surface area contributed by atoms with Gasteiger partial charge in [0, 0.05) is 41.1 Å². The van der Waals surface area contributed by atoms with Crippen LogP contribution in [0.4, 0.5) is 0 Å². The van der Waals surface area contributed by atoms with Crippen LogP contribution < -0.4 is 11.1 Å². The van der Waals surface area contributed by atoms with Gasteiger partial charge in [-0.1, -0.05) is 17.7 Å². The molecule has 0 radical (unpaired) electrons. The van der Waals surface area contributed by atoms with Crippen LogP contribution in [0.25, 0.3) is 15.7 Å². The first-order valence-electron chi connectivity index (χ1n) is 10.4. The van der Waals surface area contributed by atoms with Crippen molar-refractivity contribution < 1.29 is 4.79 Å². The number of nitrogens with zero attached hydrogens (tertiary/aromatic N) is 3. The van der Waals surface area contributed by atoms with Crippen molar-refractivity contribution in [3.05, 3.63) is 81.7 Å². The maximum absolute atomic E-state index is 12.6. The summed E-state index contributed by atoms with van der Waals surface area (Å²) in [6.45, 7) is 0.763. The molecule has 0 bridgehead atoms. The summed E-state index contributed by atoms with van der Waals surface area (Å²) in [5.74, 6) is 0.421. The van der Waals surface area contributed by atoms with Gasteiger partial charge in [-0.25, -0.2) is 4.98 Å². The second-order valence-corrected chi connectivity index (χ2v) is 9.26. The average Bonchev–Trinajstić information content (AvgIpc) is 3.45. The summed E-state index contributed by atoms with van der Waals surface area (Å²) in [5, 5.41) is 6.66. The molecule has 1 aliphatic carbocycles. The molecule has 32 heavy (non-hydrogen) atoms. The maximum Gasteiger partial charge on any atom is 0.254 e. The minimum Gasteiger partial charge on any atom is -0.404 e. The minimum absolute atomic E-state index is 0.276. The van der Waals surface area contributed by atoms with Gasteiger partial charge in [-0.15, -0.1) is 11.3 Å². The Labute approximate surface area is 194 Å². The Morgan fingerprint density at radius 2 is 2.19 bits per heavy atom. The fourth-order valence-electron chi connectivity index (χ4n) is 3.68. The summed E-state index contributed by atoms with van der Waals surface area (Å²) in [6.07, 6.45) is 9.43. The quantitative estimate of drug-likeness (QED) is 0.304. The fourth-order valence-corrected chi connectivity index (χ4v) is 4.79. The summed E-state index contributed by atoms with van der Waals surface area (Å²) in [5.41, 5.74) is 10.1. The Morgan fingerprint density at radius 3 is 3.00 bits per heavy atom. The highest BCUT2D eigenvalue weighted by atomic mass is 35.5. The van der Waals surface area contributed by atoms with E-state index in [0.717, 1.165) is 27.0 Å². The van der Waals surface area contributed by atoms with E-state index >= 15 is 0 Å². The molecule has 5 rings (SSSR count). The first-order chi connectivity index (χ1) is 15.6. The minimum atomic E-state index is -0.276. The number of carbonyl (C=O) groups is 1. The van der Waals surface area contributed by atoms with Gasteiger partial charge in [0.25, 0.3) is 5.91 Å². The Balaban J connectivity index is 1.21. The van der Waals surface area contributed by atoms with Gasteiger partial charge in [-0.05, 0) is 64.9 Å². The highest BCUT2D eigenvalue weighted by Crippen LogP contribution is 2.39. The molecule has 1 amide bonds. The zero-order valence-corrected chi connectivity index (χ0v) is 18.9. The van der Waals surface area contributed by atoms with Crippen LogP contribution in [0.2, 0.25) is 5.02 Å². The second kappa shape index (κ2) is 8.76. The number of amides is 1. The molecule has 6 nitrogen and oxygen atoms in total. The maximum atomic E-state index is 12.6. The van der Waals surface area contributed by atoms with Crippen molar-refractivity contribution in [1.82, 2.24) is 14.7 Å². The van der Waals surface area contributed by atoms with Crippen LogP contribution in [0.15, 0.2) is 64.9 Å². The molecule has 0 aliphatic heterocycles. The van der Waals surface area contributed by atoms with Gasteiger partial charge < -0.3 is 15.5 Å². The molecule has 1 aliphatic rings. The molecule has 0 spiro atoms. The number of pyridine rings is 1. The van der Waals surface area contributed by atoms with Gasteiger partial charge in [0.15, 0.2) is 0 Å². The van der Waals surface area contributed by atoms with Gasteiger partial charge in [0.2, 0.25) is 0 Å². The van der Waals surface area contributed by atoms with Crippen molar-refractivity contribution in [2.45, 2.75) is 31.8 Å². The molecule has 8 heteroatoms. The molecule has 0 saturated heterocycles. The number of benzene rings is 1. The number of halogens is 1. The van der Waals surface area contributed by atoms with E-state index in [4.69, 9.17) is 17.3 Å². The summed E-state index contributed by atoms with van der Waals surface area (Å²) < 4.78 is 3.18. The number of imidazole rings is 1. The number of nitrogens with two attached hydrogens (primary N) is 1. The van der Waals surface area contributed by atoms with E-state index < -0.39 is 0 Å². The zero-order chi connectivity index (χ0) is 22.1. The topological polar surface area (TPSA) is 84.8 Å². The largest absolute Gasteiger partial charge is 0.404 e. The summed E-state index contributed by atoms with van der Waals surface area (Å²) in [7, 11) is 0. The summed E-state index contributed by atoms with van der Waals surface area (Å²) in [4.78, 5) is 21.5. The lowest BCUT2D eigenvalue weighted by Gasteiger charge is -2.05. The number of carbonyl (C=O) groups excluding carboxylic acids is 1. The smallest absolute Gasteiger partial charge is 0.254 e.